The van der Waals surface area contributed by atoms with E-state index in [1.54, 1.807) is 17.9 Å². The molecule has 0 saturated heterocycles. The third kappa shape index (κ3) is 2.94. The number of anilines is 1. The number of aryl methyl sites for hydroxylation is 1. The van der Waals surface area contributed by atoms with Crippen molar-refractivity contribution in [2.75, 3.05) is 12.1 Å². The molecule has 4 aromatic rings. The molecule has 0 saturated carbocycles. The van der Waals surface area contributed by atoms with Crippen LogP contribution in [0.2, 0.25) is 0 Å². The number of benzene rings is 2. The summed E-state index contributed by atoms with van der Waals surface area (Å²) in [5.41, 5.74) is 3.12. The highest BCUT2D eigenvalue weighted by molar-refractivity contribution is 5.92. The molecule has 1 amide bonds. The molecule has 1 aliphatic rings. The van der Waals surface area contributed by atoms with E-state index in [2.05, 4.69) is 21.7 Å². The first-order valence-electron chi connectivity index (χ1n) is 8.81. The molecular formula is C20H17N5O3. The van der Waals surface area contributed by atoms with Crippen molar-refractivity contribution in [2.24, 2.45) is 7.05 Å². The molecule has 0 spiro atoms. The number of aromatic nitrogens is 4. The normalized spacial score (nSPS) is 12.5. The summed E-state index contributed by atoms with van der Waals surface area (Å²) in [5.74, 6) is 1.81. The van der Waals surface area contributed by atoms with Crippen molar-refractivity contribution >= 4 is 22.6 Å². The highest BCUT2D eigenvalue weighted by Gasteiger charge is 2.14. The minimum atomic E-state index is -0.155. The largest absolute Gasteiger partial charge is 0.454 e. The van der Waals surface area contributed by atoms with E-state index in [9.17, 15) is 4.79 Å². The van der Waals surface area contributed by atoms with Crippen LogP contribution >= 0.6 is 0 Å². The summed E-state index contributed by atoms with van der Waals surface area (Å²) in [6, 6.07) is 14.1. The molecule has 28 heavy (non-hydrogen) atoms. The fraction of sp³-hybridized carbons (Fsp3) is 0.150. The average molecular weight is 375 g/mol. The van der Waals surface area contributed by atoms with E-state index in [0.717, 1.165) is 33.5 Å². The minimum absolute atomic E-state index is 0.155. The van der Waals surface area contributed by atoms with Crippen LogP contribution in [0.3, 0.4) is 0 Å². The van der Waals surface area contributed by atoms with Gasteiger partial charge in [0.05, 0.1) is 6.20 Å². The van der Waals surface area contributed by atoms with Gasteiger partial charge in [-0.15, -0.1) is 5.10 Å². The smallest absolute Gasteiger partial charge is 0.245 e. The first kappa shape index (κ1) is 16.4. The Balaban J connectivity index is 1.38. The van der Waals surface area contributed by atoms with Crippen LogP contribution in [-0.4, -0.2) is 32.3 Å². The zero-order chi connectivity index (χ0) is 19.1. The van der Waals surface area contributed by atoms with Crippen LogP contribution in [0.15, 0.2) is 54.9 Å². The van der Waals surface area contributed by atoms with Crippen LogP contribution in [0, 0.1) is 0 Å². The van der Waals surface area contributed by atoms with Gasteiger partial charge in [-0.2, -0.15) is 0 Å². The van der Waals surface area contributed by atoms with E-state index in [1.165, 1.54) is 0 Å². The molecule has 3 heterocycles. The van der Waals surface area contributed by atoms with Crippen LogP contribution in [0.1, 0.15) is 0 Å². The summed E-state index contributed by atoms with van der Waals surface area (Å²) >= 11 is 0. The van der Waals surface area contributed by atoms with Crippen LogP contribution in [0.5, 0.6) is 11.5 Å². The van der Waals surface area contributed by atoms with Crippen molar-refractivity contribution < 1.29 is 14.3 Å². The second-order valence-electron chi connectivity index (χ2n) is 6.61. The number of amides is 1. The number of ether oxygens (including phenoxy) is 2. The summed E-state index contributed by atoms with van der Waals surface area (Å²) in [6.45, 7) is 0.459. The Hall–Kier alpha value is -3.81. The van der Waals surface area contributed by atoms with Crippen molar-refractivity contribution in [3.05, 3.63) is 54.9 Å². The number of carbonyl (C=O) groups is 1. The lowest BCUT2D eigenvalue weighted by molar-refractivity contribution is -0.116. The molecule has 2 aromatic carbocycles. The van der Waals surface area contributed by atoms with Gasteiger partial charge in [0.2, 0.25) is 12.7 Å². The molecule has 2 aromatic heterocycles. The summed E-state index contributed by atoms with van der Waals surface area (Å²) in [4.78, 5) is 12.3. The number of rotatable bonds is 4. The lowest BCUT2D eigenvalue weighted by Crippen LogP contribution is -2.18. The number of hydrogen-bond acceptors (Lipinski definition) is 5. The summed E-state index contributed by atoms with van der Waals surface area (Å²) < 4.78 is 14.3. The molecule has 0 unspecified atom stereocenters. The molecule has 8 nitrogen and oxygen atoms in total. The Morgan fingerprint density at radius 2 is 1.93 bits per heavy atom. The molecule has 5 rings (SSSR count). The minimum Gasteiger partial charge on any atom is -0.454 e. The zero-order valence-electron chi connectivity index (χ0n) is 15.1. The zero-order valence-corrected chi connectivity index (χ0v) is 15.1. The molecule has 1 N–H and O–H groups in total. The van der Waals surface area contributed by atoms with Gasteiger partial charge >= 0.3 is 0 Å². The standard InChI is InChI=1S/C20H17N5O3/c1-24-10-19(22-23-24)21-20(26)11-25-7-6-15-8-13(2-4-16(15)25)14-3-5-17-18(9-14)28-12-27-17/h2-10H,11-12H2,1H3,(H,21,26). The van der Waals surface area contributed by atoms with Gasteiger partial charge in [0.1, 0.15) is 6.54 Å². The second-order valence-corrected chi connectivity index (χ2v) is 6.61. The fourth-order valence-electron chi connectivity index (χ4n) is 3.34. The quantitative estimate of drug-likeness (QED) is 0.593. The van der Waals surface area contributed by atoms with Gasteiger partial charge in [0.25, 0.3) is 0 Å². The third-order valence-electron chi connectivity index (χ3n) is 4.66. The Morgan fingerprint density at radius 1 is 1.11 bits per heavy atom. The molecule has 0 fully saturated rings. The van der Waals surface area contributed by atoms with Crippen LogP contribution in [0.4, 0.5) is 5.82 Å². The number of nitrogens with one attached hydrogen (secondary N) is 1. The fourth-order valence-corrected chi connectivity index (χ4v) is 3.34. The molecule has 8 heteroatoms. The van der Waals surface area contributed by atoms with Crippen LogP contribution in [-0.2, 0) is 18.4 Å². The van der Waals surface area contributed by atoms with Crippen molar-refractivity contribution in [1.82, 2.24) is 19.6 Å². The molecule has 0 aliphatic carbocycles. The monoisotopic (exact) mass is 375 g/mol. The molecule has 140 valence electrons. The molecule has 0 radical (unpaired) electrons. The number of carbonyl (C=O) groups excluding carboxylic acids is 1. The Kier molecular flexibility index (Phi) is 3.75. The van der Waals surface area contributed by atoms with Crippen molar-refractivity contribution in [3.63, 3.8) is 0 Å². The third-order valence-corrected chi connectivity index (χ3v) is 4.66. The Labute approximate surface area is 160 Å². The van der Waals surface area contributed by atoms with Gasteiger partial charge in [0, 0.05) is 24.1 Å². The first-order valence-corrected chi connectivity index (χ1v) is 8.81. The second kappa shape index (κ2) is 6.41. The van der Waals surface area contributed by atoms with Gasteiger partial charge in [-0.3, -0.25) is 9.48 Å². The molecule has 0 bridgehead atoms. The molecule has 1 aliphatic heterocycles. The van der Waals surface area contributed by atoms with Crippen molar-refractivity contribution in [2.45, 2.75) is 6.54 Å². The van der Waals surface area contributed by atoms with E-state index in [4.69, 9.17) is 9.47 Å². The van der Waals surface area contributed by atoms with E-state index < -0.39 is 0 Å². The maximum atomic E-state index is 12.3. The first-order chi connectivity index (χ1) is 13.7. The van der Waals surface area contributed by atoms with Crippen molar-refractivity contribution in [3.8, 4) is 22.6 Å². The number of nitrogens with zero attached hydrogens (tertiary/aromatic N) is 4. The van der Waals surface area contributed by atoms with E-state index in [0.29, 0.717) is 5.82 Å². The lowest BCUT2D eigenvalue weighted by atomic mass is 10.0. The topological polar surface area (TPSA) is 83.2 Å². The number of fused-ring (bicyclic) bond motifs is 2. The van der Waals surface area contributed by atoms with Crippen LogP contribution < -0.4 is 14.8 Å². The highest BCUT2D eigenvalue weighted by Crippen LogP contribution is 2.36. The SMILES string of the molecule is Cn1cc(NC(=O)Cn2ccc3cc(-c4ccc5c(c4)OCO5)ccc32)nn1. The Morgan fingerprint density at radius 3 is 2.79 bits per heavy atom. The van der Waals surface area contributed by atoms with Gasteiger partial charge in [-0.25, -0.2) is 0 Å². The predicted molar refractivity (Wildman–Crippen MR) is 103 cm³/mol. The van der Waals surface area contributed by atoms with Crippen LogP contribution in [0.25, 0.3) is 22.0 Å². The lowest BCUT2D eigenvalue weighted by Gasteiger charge is -2.07. The van der Waals surface area contributed by atoms with Gasteiger partial charge in [-0.1, -0.05) is 17.3 Å². The predicted octanol–water partition coefficient (Wildman–Crippen LogP) is 2.80. The summed E-state index contributed by atoms with van der Waals surface area (Å²) in [7, 11) is 1.75. The highest BCUT2D eigenvalue weighted by atomic mass is 16.7. The Bertz CT molecular complexity index is 1190. The maximum Gasteiger partial charge on any atom is 0.245 e. The maximum absolute atomic E-state index is 12.3. The number of hydrogen-bond donors (Lipinski definition) is 1. The van der Waals surface area contributed by atoms with Gasteiger partial charge < -0.3 is 19.4 Å². The van der Waals surface area contributed by atoms with E-state index in [1.807, 2.05) is 47.2 Å². The van der Waals surface area contributed by atoms with Gasteiger partial charge in [0.15, 0.2) is 17.3 Å². The average Bonchev–Trinajstić information content (AvgIpc) is 3.41. The van der Waals surface area contributed by atoms with E-state index in [-0.39, 0.29) is 19.2 Å². The summed E-state index contributed by atoms with van der Waals surface area (Å²) in [6.07, 6.45) is 3.56. The van der Waals surface area contributed by atoms with Crippen molar-refractivity contribution in [1.29, 1.82) is 0 Å². The van der Waals surface area contributed by atoms with Gasteiger partial charge in [-0.05, 0) is 41.5 Å². The molecular weight excluding hydrogens is 358 g/mol. The van der Waals surface area contributed by atoms with E-state index >= 15 is 0 Å². The summed E-state index contributed by atoms with van der Waals surface area (Å²) in [5, 5.41) is 11.5. The molecule has 0 atom stereocenters.